The highest BCUT2D eigenvalue weighted by Gasteiger charge is 2.08. The molecule has 0 saturated heterocycles. The second-order valence-corrected chi connectivity index (χ2v) is 6.65. The van der Waals surface area contributed by atoms with Gasteiger partial charge in [-0.1, -0.05) is 22.9 Å². The van der Waals surface area contributed by atoms with Gasteiger partial charge in [0.25, 0.3) is 0 Å². The van der Waals surface area contributed by atoms with E-state index in [0.717, 1.165) is 26.9 Å². The summed E-state index contributed by atoms with van der Waals surface area (Å²) in [6.07, 6.45) is 0.887. The summed E-state index contributed by atoms with van der Waals surface area (Å²) in [5, 5.41) is 5.34. The van der Waals surface area contributed by atoms with Crippen molar-refractivity contribution in [3.05, 3.63) is 27.7 Å². The van der Waals surface area contributed by atoms with Crippen molar-refractivity contribution in [3.63, 3.8) is 0 Å². The molecule has 0 unspecified atom stereocenters. The number of nitrogens with one attached hydrogen (secondary N) is 2. The predicted octanol–water partition coefficient (Wildman–Crippen LogP) is 2.80. The fourth-order valence-corrected chi connectivity index (χ4v) is 3.00. The second kappa shape index (κ2) is 9.10. The Morgan fingerprint density at radius 3 is 2.52 bits per heavy atom. The summed E-state index contributed by atoms with van der Waals surface area (Å²) >= 11 is 4.97. The van der Waals surface area contributed by atoms with Gasteiger partial charge in [0.05, 0.1) is 12.3 Å². The van der Waals surface area contributed by atoms with Gasteiger partial charge in [-0.05, 0) is 43.5 Å². The number of rotatable bonds is 7. The van der Waals surface area contributed by atoms with Crippen LogP contribution >= 0.6 is 27.7 Å². The average Bonchev–Trinajstić information content (AvgIpc) is 2.45. The second-order valence-electron chi connectivity index (χ2n) is 4.78. The fourth-order valence-electron chi connectivity index (χ4n) is 1.61. The normalized spacial score (nSPS) is 10.3. The molecule has 0 fully saturated rings. The minimum atomic E-state index is -0.147. The minimum Gasteiger partial charge on any atom is -0.355 e. The van der Waals surface area contributed by atoms with Gasteiger partial charge in [-0.25, -0.2) is 0 Å². The van der Waals surface area contributed by atoms with E-state index in [-0.39, 0.29) is 18.4 Å². The Kier molecular flexibility index (Phi) is 7.82. The molecule has 0 heterocycles. The molecular weight excluding hydrogens is 352 g/mol. The Morgan fingerprint density at radius 2 is 1.86 bits per heavy atom. The third-order valence-electron chi connectivity index (χ3n) is 2.83. The topological polar surface area (TPSA) is 58.2 Å². The maximum atomic E-state index is 11.7. The van der Waals surface area contributed by atoms with Crippen LogP contribution in [-0.4, -0.2) is 30.7 Å². The molecule has 0 aliphatic rings. The van der Waals surface area contributed by atoms with Gasteiger partial charge in [0, 0.05) is 15.9 Å². The zero-order valence-electron chi connectivity index (χ0n) is 12.6. The van der Waals surface area contributed by atoms with Crippen molar-refractivity contribution in [3.8, 4) is 0 Å². The zero-order valence-corrected chi connectivity index (χ0v) is 15.0. The van der Waals surface area contributed by atoms with Crippen LogP contribution in [0, 0.1) is 13.8 Å². The molecule has 2 amide bonds. The van der Waals surface area contributed by atoms with E-state index in [2.05, 4.69) is 32.6 Å². The first-order valence-electron chi connectivity index (χ1n) is 6.87. The number of hydrogen-bond acceptors (Lipinski definition) is 3. The quantitative estimate of drug-likeness (QED) is 0.723. The molecule has 4 nitrogen and oxygen atoms in total. The maximum Gasteiger partial charge on any atom is 0.239 e. The van der Waals surface area contributed by atoms with Gasteiger partial charge >= 0.3 is 0 Å². The fraction of sp³-hybridized carbons (Fsp3) is 0.467. The molecule has 1 aromatic rings. The van der Waals surface area contributed by atoms with E-state index in [0.29, 0.717) is 12.3 Å². The van der Waals surface area contributed by atoms with E-state index in [1.807, 2.05) is 26.8 Å². The van der Waals surface area contributed by atoms with E-state index in [1.54, 1.807) is 0 Å². The Bertz CT molecular complexity index is 521. The van der Waals surface area contributed by atoms with Gasteiger partial charge < -0.3 is 10.6 Å². The lowest BCUT2D eigenvalue weighted by atomic mass is 10.2. The molecule has 0 atom stereocenters. The van der Waals surface area contributed by atoms with Crippen LogP contribution in [0.5, 0.6) is 0 Å². The zero-order chi connectivity index (χ0) is 15.8. The lowest BCUT2D eigenvalue weighted by Gasteiger charge is -2.09. The molecular formula is C15H21BrN2O2S. The van der Waals surface area contributed by atoms with Crippen molar-refractivity contribution in [1.29, 1.82) is 0 Å². The minimum absolute atomic E-state index is 0.0394. The standard InChI is InChI=1S/C15H21BrN2O2S/c1-4-5-17-14(19)8-18-15(20)9-21-13-7-10(2)12(16)6-11(13)3/h6-7H,4-5,8-9H2,1-3H3,(H,17,19)(H,18,20). The number of benzene rings is 1. The lowest BCUT2D eigenvalue weighted by Crippen LogP contribution is -2.37. The summed E-state index contributed by atoms with van der Waals surface area (Å²) in [7, 11) is 0. The van der Waals surface area contributed by atoms with Crippen molar-refractivity contribution in [2.75, 3.05) is 18.8 Å². The van der Waals surface area contributed by atoms with Crippen molar-refractivity contribution in [2.24, 2.45) is 0 Å². The van der Waals surface area contributed by atoms with E-state index < -0.39 is 0 Å². The molecule has 0 aliphatic carbocycles. The van der Waals surface area contributed by atoms with Gasteiger partial charge in [-0.3, -0.25) is 9.59 Å². The van der Waals surface area contributed by atoms with Crippen LogP contribution < -0.4 is 10.6 Å². The van der Waals surface area contributed by atoms with Crippen LogP contribution in [0.3, 0.4) is 0 Å². The molecule has 21 heavy (non-hydrogen) atoms. The molecule has 0 radical (unpaired) electrons. The lowest BCUT2D eigenvalue weighted by molar-refractivity contribution is -0.124. The first kappa shape index (κ1) is 18.0. The molecule has 1 aromatic carbocycles. The Morgan fingerprint density at radius 1 is 1.14 bits per heavy atom. The summed E-state index contributed by atoms with van der Waals surface area (Å²) in [4.78, 5) is 24.2. The third-order valence-corrected chi connectivity index (χ3v) is 4.84. The van der Waals surface area contributed by atoms with Crippen LogP contribution in [-0.2, 0) is 9.59 Å². The van der Waals surface area contributed by atoms with Crippen LogP contribution in [0.25, 0.3) is 0 Å². The number of hydrogen-bond donors (Lipinski definition) is 2. The van der Waals surface area contributed by atoms with E-state index >= 15 is 0 Å². The number of carbonyl (C=O) groups is 2. The SMILES string of the molecule is CCCNC(=O)CNC(=O)CSc1cc(C)c(Br)cc1C. The van der Waals surface area contributed by atoms with Crippen molar-refractivity contribution >= 4 is 39.5 Å². The van der Waals surface area contributed by atoms with Gasteiger partial charge in [0.2, 0.25) is 11.8 Å². The number of amides is 2. The smallest absolute Gasteiger partial charge is 0.239 e. The van der Waals surface area contributed by atoms with Gasteiger partial charge in [0.1, 0.15) is 0 Å². The van der Waals surface area contributed by atoms with Crippen molar-refractivity contribution < 1.29 is 9.59 Å². The first-order chi connectivity index (χ1) is 9.93. The van der Waals surface area contributed by atoms with Crippen molar-refractivity contribution in [1.82, 2.24) is 10.6 Å². The van der Waals surface area contributed by atoms with E-state index in [9.17, 15) is 9.59 Å². The molecule has 116 valence electrons. The number of aryl methyl sites for hydroxylation is 2. The third kappa shape index (κ3) is 6.52. The Balaban J connectivity index is 2.40. The Hall–Kier alpha value is -1.01. The largest absolute Gasteiger partial charge is 0.355 e. The van der Waals surface area contributed by atoms with Gasteiger partial charge in [-0.2, -0.15) is 0 Å². The van der Waals surface area contributed by atoms with Crippen LogP contribution in [0.4, 0.5) is 0 Å². The van der Waals surface area contributed by atoms with Gasteiger partial charge in [-0.15, -0.1) is 11.8 Å². The van der Waals surface area contributed by atoms with Crippen LogP contribution in [0.1, 0.15) is 24.5 Å². The monoisotopic (exact) mass is 372 g/mol. The first-order valence-corrected chi connectivity index (χ1v) is 8.64. The summed E-state index contributed by atoms with van der Waals surface area (Å²) in [6.45, 7) is 6.70. The maximum absolute atomic E-state index is 11.7. The van der Waals surface area contributed by atoms with Crippen molar-refractivity contribution in [2.45, 2.75) is 32.1 Å². The highest BCUT2D eigenvalue weighted by Crippen LogP contribution is 2.28. The summed E-state index contributed by atoms with van der Waals surface area (Å²) in [5.74, 6) is 0.0284. The summed E-state index contributed by atoms with van der Waals surface area (Å²) in [5.41, 5.74) is 2.27. The average molecular weight is 373 g/mol. The number of halogens is 1. The Labute approximate surface area is 138 Å². The molecule has 2 N–H and O–H groups in total. The van der Waals surface area contributed by atoms with Crippen LogP contribution in [0.15, 0.2) is 21.5 Å². The number of thioether (sulfide) groups is 1. The predicted molar refractivity (Wildman–Crippen MR) is 90.7 cm³/mol. The number of carbonyl (C=O) groups excluding carboxylic acids is 2. The molecule has 1 rings (SSSR count). The summed E-state index contributed by atoms with van der Waals surface area (Å²) in [6, 6.07) is 4.11. The van der Waals surface area contributed by atoms with E-state index in [4.69, 9.17) is 0 Å². The highest BCUT2D eigenvalue weighted by molar-refractivity contribution is 9.10. The van der Waals surface area contributed by atoms with Crippen LogP contribution in [0.2, 0.25) is 0 Å². The molecule has 0 saturated carbocycles. The molecule has 0 aromatic heterocycles. The van der Waals surface area contributed by atoms with Gasteiger partial charge in [0.15, 0.2) is 0 Å². The molecule has 0 aliphatic heterocycles. The molecule has 0 spiro atoms. The highest BCUT2D eigenvalue weighted by atomic mass is 79.9. The molecule has 0 bridgehead atoms. The van der Waals surface area contributed by atoms with E-state index in [1.165, 1.54) is 11.8 Å². The molecule has 6 heteroatoms. The summed E-state index contributed by atoms with van der Waals surface area (Å²) < 4.78 is 1.07.